The summed E-state index contributed by atoms with van der Waals surface area (Å²) in [6, 6.07) is 23.7. The normalized spacial score (nSPS) is 25.4. The number of aryl methyl sites for hydroxylation is 1. The average molecular weight is 2000 g/mol. The number of fused-ring (bicyclic) bond motifs is 1. The number of benzene rings is 4. The second-order valence-corrected chi connectivity index (χ2v) is 40.2. The molecule has 6 saturated carbocycles. The fourth-order valence-corrected chi connectivity index (χ4v) is 22.2. The van der Waals surface area contributed by atoms with Crippen LogP contribution in [-0.2, 0) is 90.8 Å². The Labute approximate surface area is 834 Å². The number of amides is 4. The van der Waals surface area contributed by atoms with Crippen LogP contribution in [0.5, 0.6) is 17.2 Å². The zero-order valence-corrected chi connectivity index (χ0v) is 84.2. The summed E-state index contributed by atoms with van der Waals surface area (Å²) in [5.74, 6) is -2.44. The maximum absolute atomic E-state index is 12.8. The lowest BCUT2D eigenvalue weighted by Gasteiger charge is -2.42. The van der Waals surface area contributed by atoms with Crippen molar-refractivity contribution in [2.75, 3.05) is 99.9 Å². The standard InChI is InChI=1S/C20H29ClN2O.C19H27ClN2O2.C12H10ClNO5.C11H22N2.C11H21NO3S.C10H19NO.C8H7ClO3.C6H10O.C2H2.CH5N.2CH4.HNS/c1-15-9-10-16(13-17(15)21)14-20(24)22(2)18-7-3-4-8-19(18)23-11-5-6-12-23;1-21(19(24)13-14-8-9-18(23)15(20)12-14)16-6-2-3-7-17(16)22-10-4-5-11-22;13-8-5-7(1-2-9(8)15)6-12(18)19-14-10(16)3-4-11(14)17;1-12-10-6-2-3-7-11(10)13-8-4-5-9-13;1-16(13,14)15-11-7-3-2-6-10(11)12-8-4-5-9-12;12-10-6-2-1-5-9(10)11-7-3-4-8-11;9-6-3-5(4-8(11)12)1-2-7(6)10;1-2-4-6-5(3-1)7-6;2*1-2;;;1-2/h9-10,13,18-19H,3-8,11-12,14H2,1-2H3;8-9,12,16-17,23H,2-7,10-11,13H2,1H3;1-2,5,15H,3-4,6H2;10-12H,2-9H2,1H3;10-11H,2-9H2,1H3;9-10,12H,1-8H2;1-3,10H,4H2,(H,11,12);5-6H,1-4H2;1-2H;2H2,1H3;2*1H4;1H/t18?,19-;16?,17-;;2*10-,11-;9-,10-;;;;;;;/m11.111......./s1/i;;;;;;;;1D;;;;. The van der Waals surface area contributed by atoms with Gasteiger partial charge in [-0.1, -0.05) is 169 Å². The number of aromatic hydroxyl groups is 3. The van der Waals surface area contributed by atoms with Crippen molar-refractivity contribution < 1.29 is 77.8 Å². The van der Waals surface area contributed by atoms with Crippen LogP contribution < -0.4 is 11.1 Å². The highest BCUT2D eigenvalue weighted by atomic mass is 35.5. The van der Waals surface area contributed by atoms with E-state index in [4.69, 9.17) is 76.5 Å². The Balaban J connectivity index is 0.000000276. The lowest BCUT2D eigenvalue weighted by atomic mass is 9.88. The van der Waals surface area contributed by atoms with Gasteiger partial charge in [-0.3, -0.25) is 52.7 Å². The van der Waals surface area contributed by atoms with E-state index in [0.29, 0.717) is 82.5 Å². The second-order valence-electron chi connectivity index (χ2n) is 37.0. The first-order valence-corrected chi connectivity index (χ1v) is 52.4. The molecule has 135 heavy (non-hydrogen) atoms. The number of hydroxylamine groups is 2. The number of carbonyl (C=O) groups excluding carboxylic acids is 5. The number of rotatable bonds is 19. The molecule has 9 N–H and O–H groups in total. The topological polar surface area (TPSA) is 357 Å². The highest BCUT2D eigenvalue weighted by Crippen LogP contribution is 2.38. The summed E-state index contributed by atoms with van der Waals surface area (Å²) >= 11 is 26.7. The fourth-order valence-electron chi connectivity index (χ4n) is 20.7. The molecule has 760 valence electrons. The van der Waals surface area contributed by atoms with Crippen molar-refractivity contribution in [3.8, 4) is 30.1 Å². The second kappa shape index (κ2) is 63.4. The molecule has 4 aromatic carbocycles. The molecule has 0 radical (unpaired) electrons. The number of halogens is 4. The van der Waals surface area contributed by atoms with Crippen molar-refractivity contribution in [1.29, 1.82) is 4.78 Å². The number of phenols is 3. The number of carboxylic acids is 1. The number of epoxide rings is 1. The van der Waals surface area contributed by atoms with Crippen molar-refractivity contribution in [2.24, 2.45) is 5.73 Å². The Kier molecular flexibility index (Phi) is 55.1. The monoisotopic (exact) mass is 2000 g/mol. The number of likely N-dealkylation sites (N-methyl/N-ethyl adjacent to an activating group) is 3. The Morgan fingerprint density at radius 2 is 0.815 bits per heavy atom. The van der Waals surface area contributed by atoms with Crippen LogP contribution in [0.15, 0.2) is 72.8 Å². The maximum Gasteiger partial charge on any atom is 0.337 e. The Morgan fingerprint density at radius 3 is 1.19 bits per heavy atom. The van der Waals surface area contributed by atoms with Crippen LogP contribution in [0.25, 0.3) is 0 Å². The maximum atomic E-state index is 12.8. The molecule has 0 aromatic heterocycles. The van der Waals surface area contributed by atoms with Gasteiger partial charge in [0.05, 0.1) is 71.4 Å². The van der Waals surface area contributed by atoms with Gasteiger partial charge in [0.2, 0.25) is 11.8 Å². The highest BCUT2D eigenvalue weighted by Gasteiger charge is 2.42. The third kappa shape index (κ3) is 39.9. The molecule has 17 rings (SSSR count). The van der Waals surface area contributed by atoms with Crippen LogP contribution >= 0.6 is 46.4 Å². The smallest absolute Gasteiger partial charge is 0.337 e. The number of terminal acetylenes is 1. The van der Waals surface area contributed by atoms with E-state index in [0.717, 1.165) is 91.7 Å². The predicted molar refractivity (Wildman–Crippen MR) is 543 cm³/mol. The van der Waals surface area contributed by atoms with E-state index in [1.54, 1.807) is 18.2 Å². The predicted octanol–water partition coefficient (Wildman–Crippen LogP) is 17.5. The molecular weight excluding hydrogens is 1840 g/mol. The SMILES string of the molecule is C.C.C1CCC2OC2C1.CN.CN(C(=O)Cc1ccc(O)c(Cl)c1)C1CCCC[C@H]1N1CCCC1.CN[C@@H]1CCCC[C@H]1N1CCCC1.CS(=O)(=O)O[C@@H]1CCCC[C@H]1N1CCCC1.Cc1ccc(CC(=O)N(C)C2CCCC[C@H]2N2CCCC2)cc1Cl.N=S.O=C(Cc1ccc(O)c(Cl)c1)ON1C(=O)CCC1=O.O=C(O)Cc1ccc(O)c(Cl)c1.O[C@@H]1CCCC[C@H]1N1CCCC1.[2H]C#C. The van der Waals surface area contributed by atoms with Gasteiger partial charge in [-0.05, 0) is 298 Å². The van der Waals surface area contributed by atoms with Crippen molar-refractivity contribution in [1.82, 2.24) is 44.7 Å². The zero-order valence-electron chi connectivity index (χ0n) is 80.5. The number of aliphatic hydroxyl groups excluding tert-OH is 1. The third-order valence-electron chi connectivity index (χ3n) is 27.8. The van der Waals surface area contributed by atoms with Gasteiger partial charge in [0.15, 0.2) is 0 Å². The molecule has 0 bridgehead atoms. The summed E-state index contributed by atoms with van der Waals surface area (Å²) in [6.45, 7) is 14.1. The lowest BCUT2D eigenvalue weighted by molar-refractivity contribution is -0.197. The van der Waals surface area contributed by atoms with E-state index in [9.17, 15) is 52.5 Å². The van der Waals surface area contributed by atoms with Gasteiger partial charge in [0.25, 0.3) is 21.9 Å². The fraction of sp³-hybridized carbons (Fsp3) is 0.686. The number of phenolic OH excluding ortho intramolecular Hbond substituents is 3. The number of aliphatic hydroxyl groups is 1. The first-order valence-electron chi connectivity index (χ1n) is 49.1. The first kappa shape index (κ1) is 117. The number of likely N-dealkylation sites (tertiary alicyclic amines) is 5. The molecule has 33 heteroatoms. The number of nitrogens with two attached hydrogens (primary N) is 1. The summed E-state index contributed by atoms with van der Waals surface area (Å²) in [5.41, 5.74) is 8.50. The minimum atomic E-state index is -3.31. The number of ether oxygens (including phenoxy) is 1. The lowest BCUT2D eigenvalue weighted by Crippen LogP contribution is -2.53. The molecule has 4 unspecified atom stereocenters. The number of hydrogen-bond acceptors (Lipinski definition) is 24. The van der Waals surface area contributed by atoms with Gasteiger partial charge in [0, 0.05) is 92.7 Å². The van der Waals surface area contributed by atoms with Gasteiger partial charge in [0.1, 0.15) is 18.6 Å². The van der Waals surface area contributed by atoms with Crippen LogP contribution in [-0.4, -0.2) is 282 Å². The molecule has 7 aliphatic heterocycles. The largest absolute Gasteiger partial charge is 0.506 e. The summed E-state index contributed by atoms with van der Waals surface area (Å²) in [7, 11) is 4.26. The van der Waals surface area contributed by atoms with Crippen molar-refractivity contribution in [2.45, 2.75) is 351 Å². The van der Waals surface area contributed by atoms with Crippen LogP contribution in [0.1, 0.15) is 275 Å². The molecule has 13 aliphatic rings. The number of carboxylic acid groups (broad SMARTS) is 1. The summed E-state index contributed by atoms with van der Waals surface area (Å²) < 4.78 is 44.0. The molecule has 4 amide bonds. The number of carbonyl (C=O) groups is 6. The Hall–Kier alpha value is -6.41. The molecule has 13 fully saturated rings. The number of aliphatic carboxylic acids is 1. The van der Waals surface area contributed by atoms with Crippen molar-refractivity contribution in [3.05, 3.63) is 121 Å². The Bertz CT molecular complexity index is 4260. The van der Waals surface area contributed by atoms with E-state index in [1.807, 2.05) is 49.0 Å². The number of imide groups is 1. The molecule has 0 spiro atoms. The summed E-state index contributed by atoms with van der Waals surface area (Å²) in [6.07, 6.45) is 51.9. The zero-order chi connectivity index (χ0) is 97.8. The van der Waals surface area contributed by atoms with E-state index < -0.39 is 33.9 Å². The molecular formula is C102H161Cl4N11O16S2. The summed E-state index contributed by atoms with van der Waals surface area (Å²) in [4.78, 5) is 91.4. The average Bonchev–Trinajstić information content (AvgIpc) is 1.67. The van der Waals surface area contributed by atoms with Gasteiger partial charge < -0.3 is 56.0 Å². The van der Waals surface area contributed by atoms with Gasteiger partial charge in [-0.25, -0.2) is 9.57 Å². The highest BCUT2D eigenvalue weighted by molar-refractivity contribution is 7.86. The first-order chi connectivity index (χ1) is 64.4. The minimum absolute atomic E-state index is 0. The van der Waals surface area contributed by atoms with E-state index in [-0.39, 0.29) is 91.9 Å². The van der Waals surface area contributed by atoms with E-state index >= 15 is 0 Å². The van der Waals surface area contributed by atoms with Crippen LogP contribution in [0, 0.1) is 24.5 Å². The number of nitrogens with zero attached hydrogens (tertiary/aromatic N) is 8. The molecule has 4 aromatic rings. The van der Waals surface area contributed by atoms with Crippen molar-refractivity contribution >= 4 is 105 Å². The summed E-state index contributed by atoms with van der Waals surface area (Å²) in [5, 5.41) is 51.3. The molecule has 12 atom stereocenters. The van der Waals surface area contributed by atoms with Crippen LogP contribution in [0.3, 0.4) is 0 Å². The van der Waals surface area contributed by atoms with Crippen LogP contribution in [0.4, 0.5) is 0 Å². The quantitative estimate of drug-likeness (QED) is 0.0187. The van der Waals surface area contributed by atoms with Crippen LogP contribution in [0.2, 0.25) is 20.1 Å². The number of hydrogen-bond donors (Lipinski definition) is 8. The molecule has 6 aliphatic carbocycles. The molecule has 7 saturated heterocycles. The van der Waals surface area contributed by atoms with Gasteiger partial charge in [-0.2, -0.15) is 8.42 Å². The molecule has 27 nitrogen and oxygen atoms in total. The molecule has 7 heterocycles. The third-order valence-corrected chi connectivity index (χ3v) is 29.7. The Morgan fingerprint density at radius 1 is 0.496 bits per heavy atom. The minimum Gasteiger partial charge on any atom is -0.506 e. The van der Waals surface area contributed by atoms with E-state index in [1.165, 1.54) is 282 Å². The van der Waals surface area contributed by atoms with Gasteiger partial charge in [-0.15, -0.1) is 17.9 Å². The van der Waals surface area contributed by atoms with Crippen molar-refractivity contribution in [3.63, 3.8) is 0 Å². The number of nitrogens with one attached hydrogen (secondary N) is 2. The van der Waals surface area contributed by atoms with E-state index in [2.05, 4.69) is 61.4 Å². The van der Waals surface area contributed by atoms with Gasteiger partial charge >= 0.3 is 11.9 Å².